The van der Waals surface area contributed by atoms with Crippen LogP contribution in [0.1, 0.15) is 55.8 Å². The van der Waals surface area contributed by atoms with Crippen LogP contribution in [0.2, 0.25) is 0 Å². The Labute approximate surface area is 161 Å². The highest BCUT2D eigenvalue weighted by atomic mass is 16.5. The molecule has 2 amide bonds. The first-order chi connectivity index (χ1) is 13.1. The van der Waals surface area contributed by atoms with Crippen molar-refractivity contribution < 1.29 is 14.3 Å². The van der Waals surface area contributed by atoms with Crippen molar-refractivity contribution in [2.75, 3.05) is 32.8 Å². The Morgan fingerprint density at radius 2 is 1.78 bits per heavy atom. The molecule has 0 radical (unpaired) electrons. The lowest BCUT2D eigenvalue weighted by Crippen LogP contribution is -2.44. The molecule has 2 aliphatic heterocycles. The van der Waals surface area contributed by atoms with Gasteiger partial charge >= 0.3 is 0 Å². The molecule has 5 nitrogen and oxygen atoms in total. The van der Waals surface area contributed by atoms with Gasteiger partial charge in [-0.25, -0.2) is 0 Å². The first-order valence-electron chi connectivity index (χ1n) is 10.4. The minimum Gasteiger partial charge on any atom is -0.492 e. The highest BCUT2D eigenvalue weighted by molar-refractivity contribution is 5.97. The highest BCUT2D eigenvalue weighted by Crippen LogP contribution is 2.47. The van der Waals surface area contributed by atoms with Crippen LogP contribution < -0.4 is 4.74 Å². The molecular formula is C22H30N2O3. The summed E-state index contributed by atoms with van der Waals surface area (Å²) in [5, 5.41) is 0. The molecule has 5 heteroatoms. The van der Waals surface area contributed by atoms with E-state index in [1.165, 1.54) is 0 Å². The van der Waals surface area contributed by atoms with Crippen LogP contribution in [0, 0.1) is 11.3 Å². The van der Waals surface area contributed by atoms with Crippen molar-refractivity contribution >= 4 is 11.8 Å². The zero-order valence-corrected chi connectivity index (χ0v) is 16.3. The number of piperidine rings is 1. The molecular weight excluding hydrogens is 340 g/mol. The van der Waals surface area contributed by atoms with E-state index in [0.717, 1.165) is 64.7 Å². The number of likely N-dealkylation sites (tertiary alicyclic amines) is 2. The normalized spacial score (nSPS) is 24.0. The summed E-state index contributed by atoms with van der Waals surface area (Å²) in [4.78, 5) is 29.3. The van der Waals surface area contributed by atoms with Crippen molar-refractivity contribution in [2.24, 2.45) is 11.3 Å². The number of carbonyl (C=O) groups is 2. The van der Waals surface area contributed by atoms with Crippen LogP contribution in [0.25, 0.3) is 0 Å². The number of benzene rings is 1. The summed E-state index contributed by atoms with van der Waals surface area (Å²) in [6.07, 6.45) is 6.32. The van der Waals surface area contributed by atoms with Gasteiger partial charge in [-0.2, -0.15) is 0 Å². The maximum Gasteiger partial charge on any atom is 0.257 e. The molecule has 0 N–H and O–H groups in total. The van der Waals surface area contributed by atoms with Crippen molar-refractivity contribution in [2.45, 2.75) is 45.4 Å². The molecule has 146 valence electrons. The lowest BCUT2D eigenvalue weighted by atomic mass is 9.97. The number of rotatable bonds is 5. The molecule has 3 fully saturated rings. The maximum absolute atomic E-state index is 12.8. The minimum atomic E-state index is -0.0997. The number of carbonyl (C=O) groups excluding carboxylic acids is 2. The quantitative estimate of drug-likeness (QED) is 0.799. The van der Waals surface area contributed by atoms with Gasteiger partial charge < -0.3 is 14.5 Å². The number of nitrogens with zero attached hydrogens (tertiary/aromatic N) is 2. The van der Waals surface area contributed by atoms with Gasteiger partial charge in [0.05, 0.1) is 12.2 Å². The van der Waals surface area contributed by atoms with E-state index >= 15 is 0 Å². The monoisotopic (exact) mass is 370 g/mol. The Hall–Kier alpha value is -2.04. The number of ether oxygens (including phenoxy) is 1. The molecule has 2 heterocycles. The van der Waals surface area contributed by atoms with Gasteiger partial charge in [-0.1, -0.05) is 19.1 Å². The molecule has 4 rings (SSSR count). The number of amides is 2. The van der Waals surface area contributed by atoms with Crippen molar-refractivity contribution in [1.82, 2.24) is 9.80 Å². The second kappa shape index (κ2) is 7.53. The summed E-state index contributed by atoms with van der Waals surface area (Å²) in [7, 11) is 0. The zero-order valence-electron chi connectivity index (χ0n) is 16.3. The fourth-order valence-electron chi connectivity index (χ4n) is 4.24. The van der Waals surface area contributed by atoms with Gasteiger partial charge in [0, 0.05) is 37.5 Å². The van der Waals surface area contributed by atoms with Crippen LogP contribution in [0.3, 0.4) is 0 Å². The number of hydrogen-bond donors (Lipinski definition) is 0. The predicted octanol–water partition coefficient (Wildman–Crippen LogP) is 3.34. The standard InChI is InChI=1S/C22H30N2O3/c1-22(10-11-22)21(26)24-14-6-7-17(15-24)16-27-19-9-3-2-8-18(19)20(25)23-12-4-5-13-23/h2-3,8-9,17H,4-7,10-16H2,1H3. The SMILES string of the molecule is CC1(C(=O)N2CCCC(COc3ccccc3C(=O)N3CCCC3)C2)CC1. The second-order valence-electron chi connectivity index (χ2n) is 8.63. The van der Waals surface area contributed by atoms with Crippen molar-refractivity contribution in [3.05, 3.63) is 29.8 Å². The van der Waals surface area contributed by atoms with E-state index in [9.17, 15) is 9.59 Å². The third kappa shape index (κ3) is 3.97. The molecule has 0 aromatic heterocycles. The Kier molecular flexibility index (Phi) is 5.11. The molecule has 1 aromatic rings. The fourth-order valence-corrected chi connectivity index (χ4v) is 4.24. The largest absolute Gasteiger partial charge is 0.492 e. The lowest BCUT2D eigenvalue weighted by molar-refractivity contribution is -0.138. The van der Waals surface area contributed by atoms with Gasteiger partial charge in [0.1, 0.15) is 5.75 Å². The average Bonchev–Trinajstić information content (AvgIpc) is 3.22. The van der Waals surface area contributed by atoms with Gasteiger partial charge in [0.15, 0.2) is 0 Å². The Balaban J connectivity index is 1.37. The second-order valence-corrected chi connectivity index (χ2v) is 8.63. The van der Waals surface area contributed by atoms with E-state index in [1.54, 1.807) is 0 Å². The van der Waals surface area contributed by atoms with Crippen LogP contribution in [0.4, 0.5) is 0 Å². The highest BCUT2D eigenvalue weighted by Gasteiger charge is 2.47. The summed E-state index contributed by atoms with van der Waals surface area (Å²) < 4.78 is 6.10. The summed E-state index contributed by atoms with van der Waals surface area (Å²) in [6, 6.07) is 7.56. The fraction of sp³-hybridized carbons (Fsp3) is 0.636. The molecule has 1 aromatic carbocycles. The van der Waals surface area contributed by atoms with Crippen LogP contribution in [-0.2, 0) is 4.79 Å². The Morgan fingerprint density at radius 1 is 1.07 bits per heavy atom. The third-order valence-corrected chi connectivity index (χ3v) is 6.31. The topological polar surface area (TPSA) is 49.9 Å². The molecule has 1 unspecified atom stereocenters. The summed E-state index contributed by atoms with van der Waals surface area (Å²) in [5.74, 6) is 1.40. The van der Waals surface area contributed by atoms with E-state index in [-0.39, 0.29) is 11.3 Å². The zero-order chi connectivity index (χ0) is 18.9. The van der Waals surface area contributed by atoms with Gasteiger partial charge in [-0.05, 0) is 50.7 Å². The van der Waals surface area contributed by atoms with Crippen molar-refractivity contribution in [3.63, 3.8) is 0 Å². The van der Waals surface area contributed by atoms with Crippen LogP contribution in [-0.4, -0.2) is 54.4 Å². The van der Waals surface area contributed by atoms with Gasteiger partial charge in [0.2, 0.25) is 5.91 Å². The smallest absolute Gasteiger partial charge is 0.257 e. The van der Waals surface area contributed by atoms with Crippen molar-refractivity contribution in [1.29, 1.82) is 0 Å². The first-order valence-corrected chi connectivity index (χ1v) is 10.4. The van der Waals surface area contributed by atoms with Gasteiger partial charge in [-0.3, -0.25) is 9.59 Å². The molecule has 1 saturated carbocycles. The van der Waals surface area contributed by atoms with E-state index in [0.29, 0.717) is 29.7 Å². The van der Waals surface area contributed by atoms with Crippen LogP contribution in [0.15, 0.2) is 24.3 Å². The average molecular weight is 370 g/mol. The van der Waals surface area contributed by atoms with E-state index in [1.807, 2.05) is 34.1 Å². The Bertz CT molecular complexity index is 707. The molecule has 1 atom stereocenters. The van der Waals surface area contributed by atoms with E-state index in [4.69, 9.17) is 4.74 Å². The molecule has 0 bridgehead atoms. The maximum atomic E-state index is 12.8. The van der Waals surface area contributed by atoms with Gasteiger partial charge in [-0.15, -0.1) is 0 Å². The van der Waals surface area contributed by atoms with Crippen LogP contribution in [0.5, 0.6) is 5.75 Å². The minimum absolute atomic E-state index is 0.0743. The Morgan fingerprint density at radius 3 is 2.52 bits per heavy atom. The summed E-state index contributed by atoms with van der Waals surface area (Å²) in [6.45, 7) is 5.96. The molecule has 2 saturated heterocycles. The number of para-hydroxylation sites is 1. The summed E-state index contributed by atoms with van der Waals surface area (Å²) >= 11 is 0. The first kappa shape index (κ1) is 18.3. The van der Waals surface area contributed by atoms with Gasteiger partial charge in [0.25, 0.3) is 5.91 Å². The lowest BCUT2D eigenvalue weighted by Gasteiger charge is -2.34. The van der Waals surface area contributed by atoms with Crippen molar-refractivity contribution in [3.8, 4) is 5.75 Å². The predicted molar refractivity (Wildman–Crippen MR) is 104 cm³/mol. The molecule has 3 aliphatic rings. The number of hydrogen-bond acceptors (Lipinski definition) is 3. The summed E-state index contributed by atoms with van der Waals surface area (Å²) in [5.41, 5.74) is 0.561. The third-order valence-electron chi connectivity index (χ3n) is 6.31. The molecule has 1 aliphatic carbocycles. The molecule has 0 spiro atoms. The molecule has 27 heavy (non-hydrogen) atoms. The van der Waals surface area contributed by atoms with E-state index < -0.39 is 0 Å². The van der Waals surface area contributed by atoms with E-state index in [2.05, 4.69) is 6.92 Å². The van der Waals surface area contributed by atoms with Crippen LogP contribution >= 0.6 is 0 Å².